The number of hydrogen-bond donors (Lipinski definition) is 2. The van der Waals surface area contributed by atoms with Crippen LogP contribution in [0.1, 0.15) is 16.8 Å². The Bertz CT molecular complexity index is 532. The summed E-state index contributed by atoms with van der Waals surface area (Å²) in [5, 5.41) is 13.6. The number of benzene rings is 1. The normalized spacial score (nSPS) is 18.9. The zero-order chi connectivity index (χ0) is 14.7. The van der Waals surface area contributed by atoms with Crippen LogP contribution in [0.4, 0.5) is 11.4 Å². The van der Waals surface area contributed by atoms with E-state index < -0.39 is 4.92 Å². The SMILES string of the molecule is CN1CCC(CNC(=O)c2ccc(N)c([N+](=O)[O-])c2)C1. The Kier molecular flexibility index (Phi) is 4.19. The highest BCUT2D eigenvalue weighted by Crippen LogP contribution is 2.22. The van der Waals surface area contributed by atoms with Gasteiger partial charge in [-0.15, -0.1) is 0 Å². The fourth-order valence-corrected chi connectivity index (χ4v) is 2.38. The molecule has 1 aliphatic rings. The molecule has 1 saturated heterocycles. The molecular weight excluding hydrogens is 260 g/mol. The minimum absolute atomic E-state index is 0.0592. The zero-order valence-electron chi connectivity index (χ0n) is 11.3. The van der Waals surface area contributed by atoms with E-state index in [0.29, 0.717) is 12.5 Å². The lowest BCUT2D eigenvalue weighted by Crippen LogP contribution is -2.30. The van der Waals surface area contributed by atoms with Crippen LogP contribution in [0.15, 0.2) is 18.2 Å². The highest BCUT2D eigenvalue weighted by atomic mass is 16.6. The molecule has 108 valence electrons. The van der Waals surface area contributed by atoms with Gasteiger partial charge in [0.05, 0.1) is 4.92 Å². The first kappa shape index (κ1) is 14.3. The van der Waals surface area contributed by atoms with Crippen LogP contribution in [-0.4, -0.2) is 42.4 Å². The first-order valence-corrected chi connectivity index (χ1v) is 6.48. The third-order valence-corrected chi connectivity index (χ3v) is 3.53. The Morgan fingerprint density at radius 1 is 1.60 bits per heavy atom. The molecule has 1 aromatic rings. The van der Waals surface area contributed by atoms with Gasteiger partial charge in [0.15, 0.2) is 0 Å². The van der Waals surface area contributed by atoms with E-state index in [4.69, 9.17) is 5.73 Å². The van der Waals surface area contributed by atoms with Crippen molar-refractivity contribution in [1.82, 2.24) is 10.2 Å². The van der Waals surface area contributed by atoms with Crippen LogP contribution in [0.2, 0.25) is 0 Å². The highest BCUT2D eigenvalue weighted by Gasteiger charge is 2.21. The van der Waals surface area contributed by atoms with E-state index in [-0.39, 0.29) is 22.8 Å². The second-order valence-corrected chi connectivity index (χ2v) is 5.16. The Labute approximate surface area is 116 Å². The van der Waals surface area contributed by atoms with Gasteiger partial charge in [0.1, 0.15) is 5.69 Å². The maximum absolute atomic E-state index is 12.0. The summed E-state index contributed by atoms with van der Waals surface area (Å²) in [6.07, 6.45) is 1.05. The molecular formula is C13H18N4O3. The zero-order valence-corrected chi connectivity index (χ0v) is 11.3. The molecule has 1 atom stereocenters. The first-order chi connectivity index (χ1) is 9.47. The summed E-state index contributed by atoms with van der Waals surface area (Å²) in [5.74, 6) is 0.135. The van der Waals surface area contributed by atoms with Gasteiger partial charge in [-0.2, -0.15) is 0 Å². The molecule has 1 aliphatic heterocycles. The van der Waals surface area contributed by atoms with Crippen LogP contribution >= 0.6 is 0 Å². The van der Waals surface area contributed by atoms with Crippen molar-refractivity contribution in [2.24, 2.45) is 5.92 Å². The van der Waals surface area contributed by atoms with E-state index >= 15 is 0 Å². The summed E-state index contributed by atoms with van der Waals surface area (Å²) >= 11 is 0. The fraction of sp³-hybridized carbons (Fsp3) is 0.462. The summed E-state index contributed by atoms with van der Waals surface area (Å²) in [6, 6.07) is 4.10. The van der Waals surface area contributed by atoms with E-state index in [1.54, 1.807) is 0 Å². The summed E-state index contributed by atoms with van der Waals surface area (Å²) < 4.78 is 0. The molecule has 0 saturated carbocycles. The summed E-state index contributed by atoms with van der Waals surface area (Å²) in [5.41, 5.74) is 5.58. The molecule has 3 N–H and O–H groups in total. The number of carbonyl (C=O) groups excluding carboxylic acids is 1. The van der Waals surface area contributed by atoms with Crippen molar-refractivity contribution in [3.63, 3.8) is 0 Å². The molecule has 1 unspecified atom stereocenters. The van der Waals surface area contributed by atoms with Crippen LogP contribution in [-0.2, 0) is 0 Å². The Balaban J connectivity index is 1.99. The second kappa shape index (κ2) is 5.87. The second-order valence-electron chi connectivity index (χ2n) is 5.16. The van der Waals surface area contributed by atoms with Gasteiger partial charge in [-0.05, 0) is 38.1 Å². The van der Waals surface area contributed by atoms with Gasteiger partial charge in [-0.1, -0.05) is 0 Å². The number of hydrogen-bond acceptors (Lipinski definition) is 5. The van der Waals surface area contributed by atoms with Gasteiger partial charge in [0.25, 0.3) is 11.6 Å². The third-order valence-electron chi connectivity index (χ3n) is 3.53. The molecule has 0 aromatic heterocycles. The Morgan fingerprint density at radius 3 is 2.95 bits per heavy atom. The van der Waals surface area contributed by atoms with E-state index in [1.807, 2.05) is 7.05 Å². The standard InChI is InChI=1S/C13H18N4O3/c1-16-5-4-9(8-16)7-15-13(18)10-2-3-11(14)12(6-10)17(19)20/h2-3,6,9H,4-5,7-8,14H2,1H3,(H,15,18). The number of carbonyl (C=O) groups is 1. The number of likely N-dealkylation sites (tertiary alicyclic amines) is 1. The van der Waals surface area contributed by atoms with Crippen LogP contribution in [0, 0.1) is 16.0 Å². The summed E-state index contributed by atoms with van der Waals surface area (Å²) in [7, 11) is 2.05. The number of nitro groups is 1. The van der Waals surface area contributed by atoms with Crippen molar-refractivity contribution in [1.29, 1.82) is 0 Å². The number of nitrogens with two attached hydrogens (primary N) is 1. The lowest BCUT2D eigenvalue weighted by atomic mass is 10.1. The van der Waals surface area contributed by atoms with Crippen molar-refractivity contribution in [2.75, 3.05) is 32.4 Å². The van der Waals surface area contributed by atoms with Crippen LogP contribution in [0.25, 0.3) is 0 Å². The smallest absolute Gasteiger partial charge is 0.292 e. The molecule has 7 heteroatoms. The van der Waals surface area contributed by atoms with E-state index in [0.717, 1.165) is 19.5 Å². The quantitative estimate of drug-likeness (QED) is 0.483. The summed E-state index contributed by atoms with van der Waals surface area (Å²) in [6.45, 7) is 2.58. The van der Waals surface area contributed by atoms with Gasteiger partial charge in [0.2, 0.25) is 0 Å². The number of amides is 1. The summed E-state index contributed by atoms with van der Waals surface area (Å²) in [4.78, 5) is 24.4. The molecule has 2 rings (SSSR count). The average Bonchev–Trinajstić information content (AvgIpc) is 2.82. The maximum atomic E-state index is 12.0. The average molecular weight is 278 g/mol. The Morgan fingerprint density at radius 2 is 2.35 bits per heavy atom. The largest absolute Gasteiger partial charge is 0.393 e. The van der Waals surface area contributed by atoms with E-state index in [9.17, 15) is 14.9 Å². The number of nitrogens with zero attached hydrogens (tertiary/aromatic N) is 2. The molecule has 0 bridgehead atoms. The van der Waals surface area contributed by atoms with Crippen molar-refractivity contribution in [3.05, 3.63) is 33.9 Å². The van der Waals surface area contributed by atoms with Crippen LogP contribution < -0.4 is 11.1 Å². The number of nitrogens with one attached hydrogen (secondary N) is 1. The minimum Gasteiger partial charge on any atom is -0.393 e. The fourth-order valence-electron chi connectivity index (χ4n) is 2.38. The van der Waals surface area contributed by atoms with E-state index in [1.165, 1.54) is 18.2 Å². The first-order valence-electron chi connectivity index (χ1n) is 6.48. The van der Waals surface area contributed by atoms with Crippen molar-refractivity contribution >= 4 is 17.3 Å². The van der Waals surface area contributed by atoms with Gasteiger partial charge in [-0.3, -0.25) is 14.9 Å². The number of rotatable bonds is 4. The van der Waals surface area contributed by atoms with Gasteiger partial charge in [-0.25, -0.2) is 0 Å². The molecule has 20 heavy (non-hydrogen) atoms. The molecule has 0 aliphatic carbocycles. The maximum Gasteiger partial charge on any atom is 0.292 e. The lowest BCUT2D eigenvalue weighted by Gasteiger charge is -2.11. The topological polar surface area (TPSA) is 102 Å². The predicted molar refractivity (Wildman–Crippen MR) is 75.4 cm³/mol. The van der Waals surface area contributed by atoms with Gasteiger partial charge >= 0.3 is 0 Å². The number of nitrogen functional groups attached to an aromatic ring is 1. The molecule has 1 amide bonds. The van der Waals surface area contributed by atoms with Crippen molar-refractivity contribution in [2.45, 2.75) is 6.42 Å². The highest BCUT2D eigenvalue weighted by molar-refractivity contribution is 5.95. The van der Waals surface area contributed by atoms with Crippen LogP contribution in [0.5, 0.6) is 0 Å². The molecule has 1 heterocycles. The van der Waals surface area contributed by atoms with Crippen molar-refractivity contribution in [3.8, 4) is 0 Å². The molecule has 1 fully saturated rings. The molecule has 0 radical (unpaired) electrons. The number of anilines is 1. The Hall–Kier alpha value is -2.15. The minimum atomic E-state index is -0.585. The monoisotopic (exact) mass is 278 g/mol. The molecule has 1 aromatic carbocycles. The lowest BCUT2D eigenvalue weighted by molar-refractivity contribution is -0.383. The van der Waals surface area contributed by atoms with Gasteiger partial charge < -0.3 is 16.0 Å². The van der Waals surface area contributed by atoms with E-state index in [2.05, 4.69) is 10.2 Å². The number of nitro benzene ring substituents is 1. The molecule has 7 nitrogen and oxygen atoms in total. The predicted octanol–water partition coefficient (Wildman–Crippen LogP) is 0.859. The van der Waals surface area contributed by atoms with Crippen LogP contribution in [0.3, 0.4) is 0 Å². The van der Waals surface area contributed by atoms with Crippen molar-refractivity contribution < 1.29 is 9.72 Å². The third kappa shape index (κ3) is 3.24. The van der Waals surface area contributed by atoms with Gasteiger partial charge in [0, 0.05) is 24.7 Å². The molecule has 0 spiro atoms.